The van der Waals surface area contributed by atoms with Crippen molar-refractivity contribution < 1.29 is 58.2 Å². The van der Waals surface area contributed by atoms with E-state index in [0.29, 0.717) is 22.9 Å². The second-order valence-electron chi connectivity index (χ2n) is 16.1. The maximum Gasteiger partial charge on any atom is 0.333 e. The number of nitrogens with zero attached hydrogens (tertiary/aromatic N) is 4. The molecule has 5 rings (SSSR count). The van der Waals surface area contributed by atoms with E-state index in [1.165, 1.54) is 13.1 Å². The third-order valence-electron chi connectivity index (χ3n) is 10.9. The number of hydrogen-bond acceptors (Lipinski definition) is 11. The van der Waals surface area contributed by atoms with Crippen molar-refractivity contribution in [1.82, 2.24) is 9.37 Å². The van der Waals surface area contributed by atoms with Crippen LogP contribution in [-0.4, -0.2) is 110 Å². The quantitative estimate of drug-likeness (QED) is 0.0825. The van der Waals surface area contributed by atoms with E-state index in [0.717, 1.165) is 27.0 Å². The highest BCUT2D eigenvalue weighted by Crippen LogP contribution is 2.47. The smallest absolute Gasteiger partial charge is 0.333 e. The fourth-order valence-electron chi connectivity index (χ4n) is 7.79. The average Bonchev–Trinajstić information content (AvgIpc) is 3.68. The second kappa shape index (κ2) is 18.7. The van der Waals surface area contributed by atoms with E-state index < -0.39 is 59.2 Å². The lowest BCUT2D eigenvalue weighted by Crippen LogP contribution is -2.33. The molecule has 2 aromatic rings. The Morgan fingerprint density at radius 1 is 0.820 bits per heavy atom. The molecule has 0 unspecified atom stereocenters. The van der Waals surface area contributed by atoms with Gasteiger partial charge in [0, 0.05) is 80.3 Å². The molecular weight excluding hydrogens is 849 g/mol. The first-order valence-corrected chi connectivity index (χ1v) is 24.4. The van der Waals surface area contributed by atoms with Crippen molar-refractivity contribution in [1.29, 1.82) is 0 Å². The number of anilines is 1. The molecule has 2 N–H and O–H groups in total. The molecule has 3 aliphatic heterocycles. The van der Waals surface area contributed by atoms with Gasteiger partial charge in [0.15, 0.2) is 5.71 Å². The van der Waals surface area contributed by atoms with Crippen molar-refractivity contribution >= 4 is 65.1 Å². The van der Waals surface area contributed by atoms with E-state index in [4.69, 9.17) is 4.84 Å². The summed E-state index contributed by atoms with van der Waals surface area (Å²) < 4.78 is 95.2. The van der Waals surface area contributed by atoms with Crippen LogP contribution in [0.2, 0.25) is 0 Å². The topological polar surface area (TPSA) is 216 Å². The van der Waals surface area contributed by atoms with Crippen LogP contribution in [-0.2, 0) is 60.3 Å². The van der Waals surface area contributed by atoms with Gasteiger partial charge in [-0.3, -0.25) is 18.7 Å². The van der Waals surface area contributed by atoms with Crippen molar-refractivity contribution in [3.63, 3.8) is 0 Å². The summed E-state index contributed by atoms with van der Waals surface area (Å²) in [5, 5.41) is 0.447. The molecule has 3 aliphatic rings. The summed E-state index contributed by atoms with van der Waals surface area (Å²) in [5.74, 6) is -2.86. The van der Waals surface area contributed by atoms with Crippen LogP contribution in [0, 0.1) is 0 Å². The van der Waals surface area contributed by atoms with E-state index >= 15 is 0 Å². The Bertz CT molecular complexity index is 2540. The molecule has 16 nitrogen and oxygen atoms in total. The Kier molecular flexibility index (Phi) is 14.5. The maximum absolute atomic E-state index is 13.7. The first-order chi connectivity index (χ1) is 28.4. The molecule has 0 radical (unpaired) electrons. The average molecular weight is 902 g/mol. The minimum atomic E-state index is -4.23. The molecule has 0 atom stereocenters. The number of hydroxylamine groups is 2. The molecule has 19 heteroatoms. The predicted molar refractivity (Wildman–Crippen MR) is 230 cm³/mol. The highest BCUT2D eigenvalue weighted by atomic mass is 32.2. The van der Waals surface area contributed by atoms with Crippen LogP contribution in [0.3, 0.4) is 0 Å². The fourth-order valence-corrected chi connectivity index (χ4v) is 10.0. The fraction of sp³-hybridized carbons (Fsp3) is 0.429. The minimum absolute atomic E-state index is 0.00506. The van der Waals surface area contributed by atoms with Gasteiger partial charge in [0.2, 0.25) is 15.7 Å². The van der Waals surface area contributed by atoms with E-state index in [9.17, 15) is 48.7 Å². The number of allylic oxidation sites excluding steroid dienone is 8. The zero-order valence-electron chi connectivity index (χ0n) is 34.9. The van der Waals surface area contributed by atoms with Gasteiger partial charge in [-0.05, 0) is 56.5 Å². The third kappa shape index (κ3) is 11.2. The van der Waals surface area contributed by atoms with E-state index in [-0.39, 0.29) is 67.7 Å². The SMILES string of the molecule is CN(CCCC(=O)ON1C(=O)CCC1=O)S(=O)(=O)c1ccc2c(c1)C(C)(C)C(/C=C/C=C/C=C/C=C1/N(CCCS(=O)(=O)O)c3ccccc3C1(C)C)=[N+]2CCCS(=O)(=O)O. The Balaban J connectivity index is 1.32. The lowest BCUT2D eigenvalue weighted by molar-refractivity contribution is -0.437. The molecule has 61 heavy (non-hydrogen) atoms. The number of para-hydroxylation sites is 1. The number of carbonyl (C=O) groups excluding carboxylic acids is 3. The van der Waals surface area contributed by atoms with Gasteiger partial charge in [-0.15, -0.1) is 5.06 Å². The van der Waals surface area contributed by atoms with Gasteiger partial charge in [-0.1, -0.05) is 62.4 Å². The van der Waals surface area contributed by atoms with Crippen LogP contribution in [0.1, 0.15) is 77.3 Å². The van der Waals surface area contributed by atoms with Gasteiger partial charge in [0.05, 0.1) is 21.8 Å². The van der Waals surface area contributed by atoms with Crippen molar-refractivity contribution in [2.75, 3.05) is 43.1 Å². The van der Waals surface area contributed by atoms with Crippen LogP contribution in [0.5, 0.6) is 0 Å². The number of sulfonamides is 1. The Labute approximate surface area is 358 Å². The maximum atomic E-state index is 13.7. The molecule has 0 spiro atoms. The largest absolute Gasteiger partial charge is 0.344 e. The summed E-state index contributed by atoms with van der Waals surface area (Å²) >= 11 is 0. The number of rotatable bonds is 19. The number of hydrogen-bond donors (Lipinski definition) is 2. The lowest BCUT2D eigenvalue weighted by atomic mass is 9.81. The summed E-state index contributed by atoms with van der Waals surface area (Å²) in [5.41, 5.74) is 4.03. The Morgan fingerprint density at radius 2 is 1.44 bits per heavy atom. The molecule has 0 aromatic heterocycles. The number of fused-ring (bicyclic) bond motifs is 2. The summed E-state index contributed by atoms with van der Waals surface area (Å²) in [6, 6.07) is 12.6. The number of benzene rings is 2. The monoisotopic (exact) mass is 901 g/mol. The van der Waals surface area contributed by atoms with Crippen LogP contribution in [0.4, 0.5) is 11.4 Å². The van der Waals surface area contributed by atoms with Gasteiger partial charge in [-0.25, -0.2) is 17.5 Å². The second-order valence-corrected chi connectivity index (χ2v) is 21.3. The summed E-state index contributed by atoms with van der Waals surface area (Å²) in [6.45, 7) is 8.59. The van der Waals surface area contributed by atoms with Gasteiger partial charge >= 0.3 is 5.97 Å². The zero-order valence-corrected chi connectivity index (χ0v) is 37.3. The molecule has 0 bridgehead atoms. The van der Waals surface area contributed by atoms with Crippen molar-refractivity contribution in [2.45, 2.75) is 81.9 Å². The molecule has 2 amide bonds. The molecule has 0 aliphatic carbocycles. The lowest BCUT2D eigenvalue weighted by Gasteiger charge is -2.27. The summed E-state index contributed by atoms with van der Waals surface area (Å²) in [6.07, 6.45) is 13.1. The summed E-state index contributed by atoms with van der Waals surface area (Å²) in [4.78, 5) is 42.7. The van der Waals surface area contributed by atoms with Crippen LogP contribution >= 0.6 is 0 Å². The normalized spacial score (nSPS) is 18.5. The van der Waals surface area contributed by atoms with Gasteiger partial charge in [0.1, 0.15) is 6.54 Å². The van der Waals surface area contributed by atoms with E-state index in [1.54, 1.807) is 12.1 Å². The highest BCUT2D eigenvalue weighted by molar-refractivity contribution is 7.89. The Morgan fingerprint density at radius 3 is 2.11 bits per heavy atom. The van der Waals surface area contributed by atoms with Gasteiger partial charge in [0.25, 0.3) is 32.1 Å². The predicted octanol–water partition coefficient (Wildman–Crippen LogP) is 4.98. The van der Waals surface area contributed by atoms with E-state index in [2.05, 4.69) is 18.7 Å². The molecule has 3 heterocycles. The minimum Gasteiger partial charge on any atom is -0.344 e. The van der Waals surface area contributed by atoms with Crippen LogP contribution in [0.15, 0.2) is 95.6 Å². The highest BCUT2D eigenvalue weighted by Gasteiger charge is 2.45. The standard InChI is InChI=1S/C42H52N4O12S3/c1-41(2)32-16-11-12-17-34(32)44(26-14-28-59(50,51)52)36(41)18-9-7-6-8-10-19-37-42(3,4)33-30-31(21-22-35(33)45(37)27-15-29-60(53,54)55)61(56,57)43(5)25-13-20-40(49)58-46-38(47)23-24-39(46)48/h6-12,16-19,21-22,30H,13-15,20,23-29H2,1-5H3,(H-,50,51,52,53,54,55)/p+1. The number of carbonyl (C=O) groups is 3. The molecule has 1 saturated heterocycles. The van der Waals surface area contributed by atoms with Gasteiger partial charge < -0.3 is 9.74 Å². The Hall–Kier alpha value is -4.79. The van der Waals surface area contributed by atoms with E-state index in [1.807, 2.05) is 85.2 Å². The van der Waals surface area contributed by atoms with Gasteiger partial charge in [-0.2, -0.15) is 21.4 Å². The van der Waals surface area contributed by atoms with Crippen LogP contribution < -0.4 is 4.90 Å². The first kappa shape index (κ1) is 47.3. The van der Waals surface area contributed by atoms with Crippen LogP contribution in [0.25, 0.3) is 0 Å². The first-order valence-electron chi connectivity index (χ1n) is 19.8. The number of imide groups is 1. The number of amides is 2. The van der Waals surface area contributed by atoms with Crippen molar-refractivity contribution in [3.8, 4) is 0 Å². The molecule has 2 aromatic carbocycles. The molecule has 1 fully saturated rings. The molecule has 330 valence electrons. The summed E-state index contributed by atoms with van der Waals surface area (Å²) in [7, 11) is -11.0. The third-order valence-corrected chi connectivity index (χ3v) is 14.4. The zero-order chi connectivity index (χ0) is 45.0. The van der Waals surface area contributed by atoms with Crippen molar-refractivity contribution in [3.05, 3.63) is 102 Å². The molecular formula is C42H53N4O12S3+. The molecule has 0 saturated carbocycles. The van der Waals surface area contributed by atoms with Crippen molar-refractivity contribution in [2.24, 2.45) is 0 Å².